The Balaban J connectivity index is 1.38. The van der Waals surface area contributed by atoms with Gasteiger partial charge in [0.25, 0.3) is 5.91 Å². The molecule has 2 aliphatic heterocycles. The molecule has 0 aliphatic carbocycles. The summed E-state index contributed by atoms with van der Waals surface area (Å²) in [5, 5.41) is 0. The molecule has 2 aromatic carbocycles. The number of rotatable bonds is 4. The Kier molecular flexibility index (Phi) is 5.08. The molecule has 27 heavy (non-hydrogen) atoms. The second kappa shape index (κ2) is 7.65. The molecule has 4 nitrogen and oxygen atoms in total. The average molecular weight is 362 g/mol. The molecular formula is C23H26N2O2. The lowest BCUT2D eigenvalue weighted by atomic mass is 9.89. The van der Waals surface area contributed by atoms with Crippen molar-refractivity contribution in [3.8, 4) is 0 Å². The number of likely N-dealkylation sites (tertiary alicyclic amines) is 1. The highest BCUT2D eigenvalue weighted by Gasteiger charge is 2.43. The maximum atomic E-state index is 12.9. The summed E-state index contributed by atoms with van der Waals surface area (Å²) in [6, 6.07) is 17.9. The number of carbonyl (C=O) groups excluding carboxylic acids is 2. The number of amides is 2. The first-order valence-corrected chi connectivity index (χ1v) is 9.83. The summed E-state index contributed by atoms with van der Waals surface area (Å²) >= 11 is 0. The third-order valence-corrected chi connectivity index (χ3v) is 5.87. The third-order valence-electron chi connectivity index (χ3n) is 5.87. The van der Waals surface area contributed by atoms with E-state index < -0.39 is 0 Å². The molecule has 4 rings (SSSR count). The lowest BCUT2D eigenvalue weighted by molar-refractivity contribution is -0.123. The lowest BCUT2D eigenvalue weighted by Crippen LogP contribution is -2.46. The number of nitrogens with zero attached hydrogens (tertiary/aromatic N) is 2. The van der Waals surface area contributed by atoms with Crippen molar-refractivity contribution >= 4 is 17.5 Å². The molecule has 2 aliphatic rings. The first-order chi connectivity index (χ1) is 13.1. The topological polar surface area (TPSA) is 40.6 Å². The van der Waals surface area contributed by atoms with E-state index in [4.69, 9.17) is 0 Å². The summed E-state index contributed by atoms with van der Waals surface area (Å²) in [6.45, 7) is 3.78. The average Bonchev–Trinajstić information content (AvgIpc) is 2.98. The Morgan fingerprint density at radius 1 is 0.926 bits per heavy atom. The van der Waals surface area contributed by atoms with Gasteiger partial charge in [-0.2, -0.15) is 0 Å². The van der Waals surface area contributed by atoms with Crippen LogP contribution < -0.4 is 4.90 Å². The Bertz CT molecular complexity index is 808. The summed E-state index contributed by atoms with van der Waals surface area (Å²) in [5.74, 6) is 0.509. The van der Waals surface area contributed by atoms with Gasteiger partial charge in [0.2, 0.25) is 5.91 Å². The van der Waals surface area contributed by atoms with Crippen LogP contribution in [-0.2, 0) is 16.0 Å². The van der Waals surface area contributed by atoms with Gasteiger partial charge in [0.1, 0.15) is 0 Å². The summed E-state index contributed by atoms with van der Waals surface area (Å²) in [7, 11) is 0. The van der Waals surface area contributed by atoms with Crippen molar-refractivity contribution < 1.29 is 9.59 Å². The Morgan fingerprint density at radius 2 is 1.59 bits per heavy atom. The largest absolute Gasteiger partial charge is 0.292 e. The van der Waals surface area contributed by atoms with Crippen LogP contribution in [0.4, 0.5) is 5.69 Å². The van der Waals surface area contributed by atoms with Crippen molar-refractivity contribution in [2.45, 2.75) is 38.6 Å². The standard InChI is InChI=1S/C23H26N2O2/c1-17-7-9-20(10-8-17)25-22(26)16-21(23(25)27)24-13-11-19(12-14-24)15-18-5-3-2-4-6-18/h2-10,19,21H,11-16H2,1H3/t21-/m1/s1. The number of imide groups is 1. The maximum Gasteiger partial charge on any atom is 0.251 e. The predicted molar refractivity (Wildman–Crippen MR) is 107 cm³/mol. The Hall–Kier alpha value is -2.46. The van der Waals surface area contributed by atoms with Crippen molar-refractivity contribution in [1.29, 1.82) is 0 Å². The van der Waals surface area contributed by atoms with Crippen LogP contribution in [0, 0.1) is 12.8 Å². The van der Waals surface area contributed by atoms with Gasteiger partial charge in [-0.05, 0) is 62.9 Å². The molecule has 140 valence electrons. The normalized spacial score (nSPS) is 21.8. The number of hydrogen-bond donors (Lipinski definition) is 0. The van der Waals surface area contributed by atoms with Crippen LogP contribution in [0.2, 0.25) is 0 Å². The first-order valence-electron chi connectivity index (χ1n) is 9.83. The molecule has 2 saturated heterocycles. The van der Waals surface area contributed by atoms with Gasteiger partial charge in [-0.1, -0.05) is 48.0 Å². The summed E-state index contributed by atoms with van der Waals surface area (Å²) in [5.41, 5.74) is 3.19. The van der Waals surface area contributed by atoms with Gasteiger partial charge < -0.3 is 0 Å². The molecule has 0 unspecified atom stereocenters. The van der Waals surface area contributed by atoms with E-state index in [1.165, 1.54) is 10.5 Å². The molecule has 1 atom stereocenters. The Labute approximate surface area is 160 Å². The van der Waals surface area contributed by atoms with Gasteiger partial charge in [-0.3, -0.25) is 14.5 Å². The molecule has 0 radical (unpaired) electrons. The molecule has 0 saturated carbocycles. The SMILES string of the molecule is Cc1ccc(N2C(=O)C[C@@H](N3CCC(Cc4ccccc4)CC3)C2=O)cc1. The molecule has 0 bridgehead atoms. The van der Waals surface area contributed by atoms with Crippen molar-refractivity contribution in [1.82, 2.24) is 4.90 Å². The molecule has 2 heterocycles. The van der Waals surface area contributed by atoms with Gasteiger partial charge in [0, 0.05) is 0 Å². The van der Waals surface area contributed by atoms with Crippen molar-refractivity contribution in [3.05, 3.63) is 65.7 Å². The minimum absolute atomic E-state index is 0.0645. The van der Waals surface area contributed by atoms with E-state index in [1.54, 1.807) is 0 Å². The van der Waals surface area contributed by atoms with Crippen LogP contribution in [0.25, 0.3) is 0 Å². The van der Waals surface area contributed by atoms with Crippen LogP contribution >= 0.6 is 0 Å². The highest BCUT2D eigenvalue weighted by molar-refractivity contribution is 6.22. The molecular weight excluding hydrogens is 336 g/mol. The number of aryl methyl sites for hydroxylation is 1. The van der Waals surface area contributed by atoms with Gasteiger partial charge in [0.05, 0.1) is 18.2 Å². The van der Waals surface area contributed by atoms with E-state index >= 15 is 0 Å². The Morgan fingerprint density at radius 3 is 2.26 bits per heavy atom. The zero-order valence-electron chi connectivity index (χ0n) is 15.8. The molecule has 0 N–H and O–H groups in total. The van der Waals surface area contributed by atoms with Gasteiger partial charge >= 0.3 is 0 Å². The summed E-state index contributed by atoms with van der Waals surface area (Å²) in [6.07, 6.45) is 3.56. The first kappa shape index (κ1) is 17.9. The highest BCUT2D eigenvalue weighted by atomic mass is 16.2. The van der Waals surface area contributed by atoms with E-state index in [2.05, 4.69) is 35.2 Å². The fourth-order valence-electron chi connectivity index (χ4n) is 4.28. The maximum absolute atomic E-state index is 12.9. The number of benzene rings is 2. The van der Waals surface area contributed by atoms with E-state index in [9.17, 15) is 9.59 Å². The predicted octanol–water partition coefficient (Wildman–Crippen LogP) is 3.58. The van der Waals surface area contributed by atoms with Gasteiger partial charge in [-0.15, -0.1) is 0 Å². The minimum Gasteiger partial charge on any atom is -0.292 e. The fraction of sp³-hybridized carbons (Fsp3) is 0.391. The molecule has 0 spiro atoms. The quantitative estimate of drug-likeness (QED) is 0.781. The zero-order chi connectivity index (χ0) is 18.8. The van der Waals surface area contributed by atoms with Crippen LogP contribution in [-0.4, -0.2) is 35.8 Å². The molecule has 2 fully saturated rings. The van der Waals surface area contributed by atoms with Crippen molar-refractivity contribution in [2.75, 3.05) is 18.0 Å². The monoisotopic (exact) mass is 362 g/mol. The van der Waals surface area contributed by atoms with E-state index in [0.29, 0.717) is 18.0 Å². The van der Waals surface area contributed by atoms with Crippen LogP contribution in [0.3, 0.4) is 0 Å². The number of piperidine rings is 1. The third kappa shape index (κ3) is 3.81. The number of carbonyl (C=O) groups is 2. The van der Waals surface area contributed by atoms with Gasteiger partial charge in [0.15, 0.2) is 0 Å². The van der Waals surface area contributed by atoms with E-state index in [1.807, 2.05) is 31.2 Å². The molecule has 2 aromatic rings. The van der Waals surface area contributed by atoms with Crippen LogP contribution in [0.5, 0.6) is 0 Å². The van der Waals surface area contributed by atoms with Crippen LogP contribution in [0.15, 0.2) is 54.6 Å². The van der Waals surface area contributed by atoms with E-state index in [-0.39, 0.29) is 17.9 Å². The zero-order valence-corrected chi connectivity index (χ0v) is 15.8. The second-order valence-corrected chi connectivity index (χ2v) is 7.79. The molecule has 2 amide bonds. The van der Waals surface area contributed by atoms with Crippen LogP contribution in [0.1, 0.15) is 30.4 Å². The number of anilines is 1. The minimum atomic E-state index is -0.295. The van der Waals surface area contributed by atoms with E-state index in [0.717, 1.165) is 37.9 Å². The lowest BCUT2D eigenvalue weighted by Gasteiger charge is -2.34. The fourth-order valence-corrected chi connectivity index (χ4v) is 4.28. The highest BCUT2D eigenvalue weighted by Crippen LogP contribution is 2.29. The second-order valence-electron chi connectivity index (χ2n) is 7.79. The molecule has 0 aromatic heterocycles. The number of hydrogen-bond acceptors (Lipinski definition) is 3. The summed E-state index contributed by atoms with van der Waals surface area (Å²) < 4.78 is 0. The molecule has 4 heteroatoms. The van der Waals surface area contributed by atoms with Crippen molar-refractivity contribution in [3.63, 3.8) is 0 Å². The summed E-state index contributed by atoms with van der Waals surface area (Å²) in [4.78, 5) is 29.0. The smallest absolute Gasteiger partial charge is 0.251 e. The van der Waals surface area contributed by atoms with Crippen molar-refractivity contribution in [2.24, 2.45) is 5.92 Å². The van der Waals surface area contributed by atoms with Gasteiger partial charge in [-0.25, -0.2) is 4.90 Å².